The van der Waals surface area contributed by atoms with Crippen LogP contribution in [-0.2, 0) is 0 Å². The van der Waals surface area contributed by atoms with Crippen LogP contribution in [0.3, 0.4) is 0 Å². The monoisotopic (exact) mass is 349 g/mol. The summed E-state index contributed by atoms with van der Waals surface area (Å²) in [6, 6.07) is 21.0. The lowest BCUT2D eigenvalue weighted by atomic mass is 10.1. The highest BCUT2D eigenvalue weighted by atomic mass is 16.2. The zero-order chi connectivity index (χ0) is 17.8. The summed E-state index contributed by atoms with van der Waals surface area (Å²) in [5.41, 5.74) is 2.14. The number of para-hydroxylation sites is 1. The fourth-order valence-electron chi connectivity index (χ4n) is 4.18. The number of piperazine rings is 1. The molecule has 1 amide bonds. The SMILES string of the molecule is O=C(c1ccccc1)N1CCN(CC2CCCN2c2ccccc2)CC1. The van der Waals surface area contributed by atoms with E-state index in [2.05, 4.69) is 40.1 Å². The van der Waals surface area contributed by atoms with Crippen LogP contribution in [0.25, 0.3) is 0 Å². The van der Waals surface area contributed by atoms with Crippen LogP contribution in [0.5, 0.6) is 0 Å². The minimum atomic E-state index is 0.164. The quantitative estimate of drug-likeness (QED) is 0.849. The first-order valence-corrected chi connectivity index (χ1v) is 9.69. The summed E-state index contributed by atoms with van der Waals surface area (Å²) >= 11 is 0. The van der Waals surface area contributed by atoms with Crippen LogP contribution < -0.4 is 4.90 Å². The highest BCUT2D eigenvalue weighted by Crippen LogP contribution is 2.26. The van der Waals surface area contributed by atoms with E-state index in [4.69, 9.17) is 0 Å². The van der Waals surface area contributed by atoms with Crippen LogP contribution in [0.15, 0.2) is 60.7 Å². The Bertz CT molecular complexity index is 711. The van der Waals surface area contributed by atoms with E-state index >= 15 is 0 Å². The lowest BCUT2D eigenvalue weighted by Crippen LogP contribution is -2.51. The first-order valence-electron chi connectivity index (χ1n) is 9.69. The van der Waals surface area contributed by atoms with Gasteiger partial charge in [-0.15, -0.1) is 0 Å². The highest BCUT2D eigenvalue weighted by molar-refractivity contribution is 5.94. The lowest BCUT2D eigenvalue weighted by molar-refractivity contribution is 0.0631. The van der Waals surface area contributed by atoms with Crippen molar-refractivity contribution in [3.8, 4) is 0 Å². The molecule has 1 unspecified atom stereocenters. The number of hydrogen-bond donors (Lipinski definition) is 0. The van der Waals surface area contributed by atoms with Gasteiger partial charge in [-0.25, -0.2) is 0 Å². The maximum absolute atomic E-state index is 12.6. The first-order chi connectivity index (χ1) is 12.8. The third kappa shape index (κ3) is 3.75. The number of nitrogens with zero attached hydrogens (tertiary/aromatic N) is 3. The molecular formula is C22H27N3O. The van der Waals surface area contributed by atoms with Crippen molar-refractivity contribution in [2.24, 2.45) is 0 Å². The van der Waals surface area contributed by atoms with Crippen LogP contribution in [-0.4, -0.2) is 61.0 Å². The number of benzene rings is 2. The summed E-state index contributed by atoms with van der Waals surface area (Å²) < 4.78 is 0. The molecule has 2 heterocycles. The fraction of sp³-hybridized carbons (Fsp3) is 0.409. The Hall–Kier alpha value is -2.33. The Morgan fingerprint density at radius 2 is 1.50 bits per heavy atom. The van der Waals surface area contributed by atoms with Crippen LogP contribution in [0.4, 0.5) is 5.69 Å². The van der Waals surface area contributed by atoms with Gasteiger partial charge in [0, 0.05) is 56.6 Å². The van der Waals surface area contributed by atoms with E-state index < -0.39 is 0 Å². The summed E-state index contributed by atoms with van der Waals surface area (Å²) in [6.45, 7) is 5.84. The summed E-state index contributed by atoms with van der Waals surface area (Å²) in [4.78, 5) is 19.7. The molecule has 2 fully saturated rings. The zero-order valence-electron chi connectivity index (χ0n) is 15.3. The van der Waals surface area contributed by atoms with Gasteiger partial charge in [0.15, 0.2) is 0 Å². The van der Waals surface area contributed by atoms with Crippen LogP contribution in [0.2, 0.25) is 0 Å². The molecule has 4 heteroatoms. The number of anilines is 1. The number of carbonyl (C=O) groups excluding carboxylic acids is 1. The van der Waals surface area contributed by atoms with Crippen molar-refractivity contribution in [2.45, 2.75) is 18.9 Å². The van der Waals surface area contributed by atoms with Gasteiger partial charge in [-0.3, -0.25) is 9.69 Å². The van der Waals surface area contributed by atoms with Crippen LogP contribution in [0.1, 0.15) is 23.2 Å². The topological polar surface area (TPSA) is 26.8 Å². The van der Waals surface area contributed by atoms with Gasteiger partial charge in [0.1, 0.15) is 0 Å². The molecule has 2 aromatic carbocycles. The molecule has 4 nitrogen and oxygen atoms in total. The maximum atomic E-state index is 12.6. The van der Waals surface area contributed by atoms with Gasteiger partial charge >= 0.3 is 0 Å². The molecule has 26 heavy (non-hydrogen) atoms. The van der Waals surface area contributed by atoms with E-state index in [1.165, 1.54) is 18.5 Å². The molecule has 0 spiro atoms. The fourth-order valence-corrected chi connectivity index (χ4v) is 4.18. The summed E-state index contributed by atoms with van der Waals surface area (Å²) in [5, 5.41) is 0. The number of hydrogen-bond acceptors (Lipinski definition) is 3. The average Bonchev–Trinajstić information content (AvgIpc) is 3.17. The molecule has 2 saturated heterocycles. The average molecular weight is 349 g/mol. The van der Waals surface area contributed by atoms with Crippen LogP contribution >= 0.6 is 0 Å². The molecule has 0 aromatic heterocycles. The molecular weight excluding hydrogens is 322 g/mol. The van der Waals surface area contributed by atoms with Crippen molar-refractivity contribution in [1.82, 2.24) is 9.80 Å². The second kappa shape index (κ2) is 7.92. The van der Waals surface area contributed by atoms with Crippen LogP contribution in [0, 0.1) is 0 Å². The summed E-state index contributed by atoms with van der Waals surface area (Å²) in [7, 11) is 0. The molecule has 0 radical (unpaired) electrons. The highest BCUT2D eigenvalue weighted by Gasteiger charge is 2.29. The Morgan fingerprint density at radius 3 is 2.19 bits per heavy atom. The van der Waals surface area contributed by atoms with E-state index in [1.54, 1.807) is 0 Å². The third-order valence-corrected chi connectivity index (χ3v) is 5.61. The molecule has 0 aliphatic carbocycles. The third-order valence-electron chi connectivity index (χ3n) is 5.61. The van der Waals surface area contributed by atoms with Gasteiger partial charge in [0.2, 0.25) is 0 Å². The van der Waals surface area contributed by atoms with Crippen molar-refractivity contribution in [3.63, 3.8) is 0 Å². The van der Waals surface area contributed by atoms with Crippen molar-refractivity contribution >= 4 is 11.6 Å². The maximum Gasteiger partial charge on any atom is 0.253 e. The lowest BCUT2D eigenvalue weighted by Gasteiger charge is -2.38. The zero-order valence-corrected chi connectivity index (χ0v) is 15.3. The van der Waals surface area contributed by atoms with E-state index in [0.29, 0.717) is 6.04 Å². The smallest absolute Gasteiger partial charge is 0.253 e. The van der Waals surface area contributed by atoms with E-state index in [1.807, 2.05) is 35.2 Å². The Kier molecular flexibility index (Phi) is 5.21. The number of carbonyl (C=O) groups is 1. The molecule has 2 aliphatic rings. The predicted molar refractivity (Wildman–Crippen MR) is 106 cm³/mol. The van der Waals surface area contributed by atoms with Crippen molar-refractivity contribution in [2.75, 3.05) is 44.2 Å². The van der Waals surface area contributed by atoms with Gasteiger partial charge in [-0.2, -0.15) is 0 Å². The van der Waals surface area contributed by atoms with E-state index in [9.17, 15) is 4.79 Å². The largest absolute Gasteiger partial charge is 0.367 e. The van der Waals surface area contributed by atoms with Gasteiger partial charge in [0.25, 0.3) is 5.91 Å². The van der Waals surface area contributed by atoms with Gasteiger partial charge in [0.05, 0.1) is 0 Å². The molecule has 1 atom stereocenters. The Balaban J connectivity index is 1.32. The van der Waals surface area contributed by atoms with E-state index in [-0.39, 0.29) is 5.91 Å². The van der Waals surface area contributed by atoms with Crippen molar-refractivity contribution < 1.29 is 4.79 Å². The molecule has 2 aromatic rings. The minimum absolute atomic E-state index is 0.164. The molecule has 2 aliphatic heterocycles. The number of amides is 1. The molecule has 0 saturated carbocycles. The standard InChI is InChI=1S/C22H27N3O/c26-22(19-8-3-1-4-9-19)24-16-14-23(15-17-24)18-21-12-7-13-25(21)20-10-5-2-6-11-20/h1-6,8-11,21H,7,12-18H2. The summed E-state index contributed by atoms with van der Waals surface area (Å²) in [5.74, 6) is 0.164. The molecule has 4 rings (SSSR count). The number of rotatable bonds is 4. The predicted octanol–water partition coefficient (Wildman–Crippen LogP) is 3.11. The first kappa shape index (κ1) is 17.1. The molecule has 0 N–H and O–H groups in total. The minimum Gasteiger partial charge on any atom is -0.367 e. The van der Waals surface area contributed by atoms with Crippen molar-refractivity contribution in [1.29, 1.82) is 0 Å². The summed E-state index contributed by atoms with van der Waals surface area (Å²) in [6.07, 6.45) is 2.53. The molecule has 0 bridgehead atoms. The molecule has 136 valence electrons. The second-order valence-corrected chi connectivity index (χ2v) is 7.28. The van der Waals surface area contributed by atoms with Gasteiger partial charge in [-0.05, 0) is 37.1 Å². The normalized spacial score (nSPS) is 21.2. The van der Waals surface area contributed by atoms with Crippen molar-refractivity contribution in [3.05, 3.63) is 66.2 Å². The van der Waals surface area contributed by atoms with Gasteiger partial charge in [-0.1, -0.05) is 36.4 Å². The van der Waals surface area contributed by atoms with Gasteiger partial charge < -0.3 is 9.80 Å². The Morgan fingerprint density at radius 1 is 0.846 bits per heavy atom. The second-order valence-electron chi connectivity index (χ2n) is 7.28. The van der Waals surface area contributed by atoms with E-state index in [0.717, 1.165) is 44.8 Å². The Labute approximate surface area is 156 Å².